The van der Waals surface area contributed by atoms with Gasteiger partial charge in [0.2, 0.25) is 0 Å². The molecule has 1 aliphatic heterocycles. The van der Waals surface area contributed by atoms with Gasteiger partial charge in [-0.1, -0.05) is 6.07 Å². The van der Waals surface area contributed by atoms with Gasteiger partial charge < -0.3 is 15.8 Å². The number of rotatable bonds is 4. The highest BCUT2D eigenvalue weighted by molar-refractivity contribution is 7.17. The van der Waals surface area contributed by atoms with E-state index in [1.165, 1.54) is 11.3 Å². The van der Waals surface area contributed by atoms with E-state index in [4.69, 9.17) is 10.5 Å². The Hall–Kier alpha value is -2.45. The molecule has 0 aromatic carbocycles. The van der Waals surface area contributed by atoms with Gasteiger partial charge in [-0.2, -0.15) is 0 Å². The van der Waals surface area contributed by atoms with Gasteiger partial charge in [-0.05, 0) is 31.5 Å². The number of hydrogen-bond acceptors (Lipinski definition) is 5. The topological polar surface area (TPSA) is 106 Å². The summed E-state index contributed by atoms with van der Waals surface area (Å²) in [5.41, 5.74) is 7.19. The zero-order valence-corrected chi connectivity index (χ0v) is 14.9. The average Bonchev–Trinajstić information content (AvgIpc) is 2.89. The molecule has 0 saturated heterocycles. The molecule has 0 unspecified atom stereocenters. The second kappa shape index (κ2) is 6.81. The van der Waals surface area contributed by atoms with Gasteiger partial charge in [-0.25, -0.2) is 4.79 Å². The van der Waals surface area contributed by atoms with Crippen LogP contribution >= 0.6 is 11.3 Å². The minimum Gasteiger partial charge on any atom is -0.370 e. The predicted molar refractivity (Wildman–Crippen MR) is 95.5 cm³/mol. The summed E-state index contributed by atoms with van der Waals surface area (Å²) in [6, 6.07) is 5.06. The lowest BCUT2D eigenvalue weighted by atomic mass is 9.93. The number of nitrogens with one attached hydrogen (secondary N) is 2. The van der Waals surface area contributed by atoms with Crippen LogP contribution in [0.4, 0.5) is 9.80 Å². The van der Waals surface area contributed by atoms with Crippen molar-refractivity contribution in [2.45, 2.75) is 39.0 Å². The molecule has 0 fully saturated rings. The molecule has 0 atom stereocenters. The van der Waals surface area contributed by atoms with Crippen LogP contribution in [0.5, 0.6) is 0 Å². The third-order valence-corrected chi connectivity index (χ3v) is 5.04. The molecule has 3 heterocycles. The number of thiophene rings is 1. The van der Waals surface area contributed by atoms with E-state index < -0.39 is 11.9 Å². The van der Waals surface area contributed by atoms with Gasteiger partial charge in [0.25, 0.3) is 5.91 Å². The van der Waals surface area contributed by atoms with Crippen molar-refractivity contribution in [3.63, 3.8) is 0 Å². The van der Waals surface area contributed by atoms with Crippen molar-refractivity contribution in [2.24, 2.45) is 5.73 Å². The Morgan fingerprint density at radius 3 is 2.88 bits per heavy atom. The van der Waals surface area contributed by atoms with E-state index in [0.29, 0.717) is 30.1 Å². The van der Waals surface area contributed by atoms with Crippen molar-refractivity contribution in [1.82, 2.24) is 10.3 Å². The Balaban J connectivity index is 1.75. The SMILES string of the molecule is CC1(C)Cc2c(sc(NC(=O)NCc3ccccn3)c2C(N)=O)CO1. The molecule has 0 saturated carbocycles. The fourth-order valence-corrected chi connectivity index (χ4v) is 3.85. The highest BCUT2D eigenvalue weighted by atomic mass is 32.1. The summed E-state index contributed by atoms with van der Waals surface area (Å²) >= 11 is 1.33. The highest BCUT2D eigenvalue weighted by Crippen LogP contribution is 2.40. The Bertz CT molecular complexity index is 802. The summed E-state index contributed by atoms with van der Waals surface area (Å²) in [5.74, 6) is -0.546. The lowest BCUT2D eigenvalue weighted by molar-refractivity contribution is -0.0383. The van der Waals surface area contributed by atoms with E-state index in [1.807, 2.05) is 32.0 Å². The molecule has 3 amide bonds. The first-order valence-corrected chi connectivity index (χ1v) is 8.70. The average molecular weight is 360 g/mol. The first-order valence-electron chi connectivity index (χ1n) is 7.89. The number of aromatic nitrogens is 1. The molecule has 25 heavy (non-hydrogen) atoms. The van der Waals surface area contributed by atoms with Crippen LogP contribution in [0.2, 0.25) is 0 Å². The maximum atomic E-state index is 12.2. The molecule has 3 rings (SSSR count). The Morgan fingerprint density at radius 1 is 1.40 bits per heavy atom. The Labute approximate surface area is 149 Å². The first kappa shape index (κ1) is 17.4. The standard InChI is InChI=1S/C17H20N4O3S/c1-17(2)7-11-12(9-24-17)25-15(13(11)14(18)22)21-16(23)20-8-10-5-3-4-6-19-10/h3-6H,7-9H2,1-2H3,(H2,18,22)(H2,20,21,23). The van der Waals surface area contributed by atoms with Crippen LogP contribution in [0.25, 0.3) is 0 Å². The zero-order chi connectivity index (χ0) is 18.0. The maximum absolute atomic E-state index is 12.2. The summed E-state index contributed by atoms with van der Waals surface area (Å²) in [6.07, 6.45) is 2.24. The fourth-order valence-electron chi connectivity index (χ4n) is 2.72. The number of ether oxygens (including phenoxy) is 1. The van der Waals surface area contributed by atoms with E-state index in [1.54, 1.807) is 6.20 Å². The number of amides is 3. The monoisotopic (exact) mass is 360 g/mol. The van der Waals surface area contributed by atoms with Crippen LogP contribution in [-0.2, 0) is 24.3 Å². The van der Waals surface area contributed by atoms with Crippen molar-refractivity contribution in [3.05, 3.63) is 46.1 Å². The van der Waals surface area contributed by atoms with Gasteiger partial charge in [-0.15, -0.1) is 11.3 Å². The van der Waals surface area contributed by atoms with E-state index in [-0.39, 0.29) is 5.60 Å². The first-order chi connectivity index (χ1) is 11.9. The molecule has 2 aromatic heterocycles. The number of pyridine rings is 1. The van der Waals surface area contributed by atoms with E-state index in [0.717, 1.165) is 16.1 Å². The maximum Gasteiger partial charge on any atom is 0.320 e. The minimum absolute atomic E-state index is 0.291. The van der Waals surface area contributed by atoms with Crippen molar-refractivity contribution in [1.29, 1.82) is 0 Å². The molecule has 0 radical (unpaired) electrons. The summed E-state index contributed by atoms with van der Waals surface area (Å²) in [7, 11) is 0. The second-order valence-corrected chi connectivity index (χ2v) is 7.53. The van der Waals surface area contributed by atoms with Crippen molar-refractivity contribution in [3.8, 4) is 0 Å². The third-order valence-electron chi connectivity index (χ3n) is 3.92. The van der Waals surface area contributed by atoms with Gasteiger partial charge in [0.15, 0.2) is 0 Å². The largest absolute Gasteiger partial charge is 0.370 e. The third kappa shape index (κ3) is 3.97. The fraction of sp³-hybridized carbons (Fsp3) is 0.353. The van der Waals surface area contributed by atoms with Gasteiger partial charge in [0, 0.05) is 17.5 Å². The number of fused-ring (bicyclic) bond motifs is 1. The smallest absolute Gasteiger partial charge is 0.320 e. The lowest BCUT2D eigenvalue weighted by Crippen LogP contribution is -2.32. The van der Waals surface area contributed by atoms with E-state index >= 15 is 0 Å². The van der Waals surface area contributed by atoms with E-state index in [9.17, 15) is 9.59 Å². The molecule has 4 N–H and O–H groups in total. The second-order valence-electron chi connectivity index (χ2n) is 6.43. The van der Waals surface area contributed by atoms with Crippen LogP contribution in [0.3, 0.4) is 0 Å². The van der Waals surface area contributed by atoms with Crippen LogP contribution in [0.15, 0.2) is 24.4 Å². The molecule has 132 valence electrons. The molecule has 7 nitrogen and oxygen atoms in total. The molecule has 0 bridgehead atoms. The number of urea groups is 1. The molecular weight excluding hydrogens is 340 g/mol. The molecular formula is C17H20N4O3S. The van der Waals surface area contributed by atoms with Gasteiger partial charge in [-0.3, -0.25) is 15.1 Å². The number of primary amides is 1. The summed E-state index contributed by atoms with van der Waals surface area (Å²) in [4.78, 5) is 29.2. The number of anilines is 1. The highest BCUT2D eigenvalue weighted by Gasteiger charge is 2.33. The predicted octanol–water partition coefficient (Wildman–Crippen LogP) is 2.42. The summed E-state index contributed by atoms with van der Waals surface area (Å²) in [5, 5.41) is 5.91. The molecule has 0 aliphatic carbocycles. The van der Waals surface area contributed by atoms with Crippen LogP contribution in [0, 0.1) is 0 Å². The number of hydrogen-bond donors (Lipinski definition) is 3. The van der Waals surface area contributed by atoms with Gasteiger partial charge in [0.05, 0.1) is 30.0 Å². The minimum atomic E-state index is -0.546. The molecule has 1 aliphatic rings. The van der Waals surface area contributed by atoms with Crippen LogP contribution in [0.1, 0.15) is 40.3 Å². The Morgan fingerprint density at radius 2 is 2.20 bits per heavy atom. The molecule has 0 spiro atoms. The lowest BCUT2D eigenvalue weighted by Gasteiger charge is -2.30. The van der Waals surface area contributed by atoms with Crippen molar-refractivity contribution < 1.29 is 14.3 Å². The zero-order valence-electron chi connectivity index (χ0n) is 14.1. The van der Waals surface area contributed by atoms with Crippen LogP contribution < -0.4 is 16.4 Å². The number of nitrogens with two attached hydrogens (primary N) is 1. The normalized spacial score (nSPS) is 15.3. The van der Waals surface area contributed by atoms with Crippen molar-refractivity contribution >= 4 is 28.3 Å². The Kier molecular flexibility index (Phi) is 4.73. The molecule has 8 heteroatoms. The number of nitrogens with zero attached hydrogens (tertiary/aromatic N) is 1. The number of carbonyl (C=O) groups is 2. The van der Waals surface area contributed by atoms with Gasteiger partial charge in [0.1, 0.15) is 5.00 Å². The van der Waals surface area contributed by atoms with E-state index in [2.05, 4.69) is 15.6 Å². The van der Waals surface area contributed by atoms with Gasteiger partial charge >= 0.3 is 6.03 Å². The number of carbonyl (C=O) groups excluding carboxylic acids is 2. The molecule has 2 aromatic rings. The summed E-state index contributed by atoms with van der Waals surface area (Å²) in [6.45, 7) is 4.63. The van der Waals surface area contributed by atoms with Crippen LogP contribution in [-0.4, -0.2) is 22.5 Å². The quantitative estimate of drug-likeness (QED) is 0.778. The summed E-state index contributed by atoms with van der Waals surface area (Å²) < 4.78 is 5.77. The van der Waals surface area contributed by atoms with Crippen molar-refractivity contribution in [2.75, 3.05) is 5.32 Å².